The molecule has 0 aliphatic heterocycles. The van der Waals surface area contributed by atoms with Crippen LogP contribution in [0.25, 0.3) is 0 Å². The van der Waals surface area contributed by atoms with E-state index in [9.17, 15) is 18.0 Å². The minimum absolute atomic E-state index is 0.00455. The topological polar surface area (TPSA) is 114 Å². The lowest BCUT2D eigenvalue weighted by Gasteiger charge is -2.33. The van der Waals surface area contributed by atoms with Gasteiger partial charge in [0.25, 0.3) is 10.0 Å². The molecule has 2 amide bonds. The van der Waals surface area contributed by atoms with Gasteiger partial charge in [0.1, 0.15) is 18.3 Å². The van der Waals surface area contributed by atoms with Crippen LogP contribution in [0.3, 0.4) is 0 Å². The van der Waals surface area contributed by atoms with Gasteiger partial charge in [-0.15, -0.1) is 0 Å². The number of methoxy groups -OCH3 is 3. The van der Waals surface area contributed by atoms with Gasteiger partial charge in [-0.3, -0.25) is 13.9 Å². The van der Waals surface area contributed by atoms with Crippen LogP contribution in [0.5, 0.6) is 17.2 Å². The van der Waals surface area contributed by atoms with E-state index >= 15 is 0 Å². The number of hydrogen-bond donors (Lipinski definition) is 1. The number of likely N-dealkylation sites (N-methyl/N-ethyl adjacent to an activating group) is 1. The second-order valence-electron chi connectivity index (χ2n) is 9.39. The van der Waals surface area contributed by atoms with Crippen LogP contribution in [0.15, 0.2) is 59.5 Å². The number of carbonyl (C=O) groups excluding carboxylic acids is 2. The molecule has 0 aliphatic rings. The summed E-state index contributed by atoms with van der Waals surface area (Å²) in [5, 5.41) is 3.52. The molecule has 0 saturated carbocycles. The summed E-state index contributed by atoms with van der Waals surface area (Å²) < 4.78 is 45.6. The molecule has 0 bridgehead atoms. The van der Waals surface area contributed by atoms with Crippen molar-refractivity contribution >= 4 is 62.3 Å². The Bertz CT molecular complexity index is 1580. The van der Waals surface area contributed by atoms with Crippen LogP contribution < -0.4 is 23.8 Å². The summed E-state index contributed by atoms with van der Waals surface area (Å²) in [7, 11) is -0.320. The van der Waals surface area contributed by atoms with E-state index in [4.69, 9.17) is 49.0 Å². The lowest BCUT2D eigenvalue weighted by Crippen LogP contribution is -2.52. The van der Waals surface area contributed by atoms with Gasteiger partial charge in [-0.25, -0.2) is 8.42 Å². The van der Waals surface area contributed by atoms with E-state index in [0.717, 1.165) is 4.31 Å². The smallest absolute Gasteiger partial charge is 0.265 e. The third kappa shape index (κ3) is 7.82. The van der Waals surface area contributed by atoms with Crippen molar-refractivity contribution in [2.24, 2.45) is 0 Å². The molecule has 44 heavy (non-hydrogen) atoms. The van der Waals surface area contributed by atoms with Crippen LogP contribution in [0, 0.1) is 0 Å². The molecule has 238 valence electrons. The number of sulfonamides is 1. The molecule has 0 unspecified atom stereocenters. The Hall–Kier alpha value is -3.38. The molecule has 14 heteroatoms. The maximum Gasteiger partial charge on any atom is 0.265 e. The second-order valence-corrected chi connectivity index (χ2v) is 12.5. The fourth-order valence-electron chi connectivity index (χ4n) is 4.54. The fourth-order valence-corrected chi connectivity index (χ4v) is 6.66. The first-order chi connectivity index (χ1) is 20.9. The Kier molecular flexibility index (Phi) is 12.4. The van der Waals surface area contributed by atoms with Gasteiger partial charge in [0.2, 0.25) is 11.8 Å². The molecule has 0 aromatic heterocycles. The van der Waals surface area contributed by atoms with E-state index in [0.29, 0.717) is 17.9 Å². The molecule has 1 N–H and O–H groups in total. The first-order valence-corrected chi connectivity index (χ1v) is 16.1. The normalized spacial score (nSPS) is 11.8. The van der Waals surface area contributed by atoms with Crippen LogP contribution in [0.1, 0.15) is 25.8 Å². The number of halogens is 3. The van der Waals surface area contributed by atoms with Crippen LogP contribution in [-0.2, 0) is 26.2 Å². The van der Waals surface area contributed by atoms with E-state index in [1.807, 2.05) is 0 Å². The zero-order chi connectivity index (χ0) is 32.6. The summed E-state index contributed by atoms with van der Waals surface area (Å²) in [4.78, 5) is 28.5. The van der Waals surface area contributed by atoms with Gasteiger partial charge in [-0.2, -0.15) is 0 Å². The third-order valence-electron chi connectivity index (χ3n) is 6.76. The molecule has 0 spiro atoms. The Morgan fingerprint density at radius 3 is 2.05 bits per heavy atom. The molecule has 0 saturated heterocycles. The van der Waals surface area contributed by atoms with Crippen LogP contribution in [-0.4, -0.2) is 65.6 Å². The maximum absolute atomic E-state index is 14.3. The minimum Gasteiger partial charge on any atom is -0.495 e. The average Bonchev–Trinajstić information content (AvgIpc) is 3.00. The SMILES string of the molecule is CCNC(=O)[C@H](CC)N(Cc1c(Cl)cccc1Cl)C(=O)CN(c1cc(Cl)ccc1OC)S(=O)(=O)c1ccc(OC)c(OC)c1. The monoisotopic (exact) mass is 685 g/mol. The Balaban J connectivity index is 2.21. The molecule has 10 nitrogen and oxygen atoms in total. The molecule has 0 radical (unpaired) electrons. The molecular weight excluding hydrogens is 653 g/mol. The summed E-state index contributed by atoms with van der Waals surface area (Å²) in [6.07, 6.45) is 0.225. The van der Waals surface area contributed by atoms with Gasteiger partial charge >= 0.3 is 0 Å². The van der Waals surface area contributed by atoms with Gasteiger partial charge in [0.05, 0.1) is 31.9 Å². The van der Waals surface area contributed by atoms with E-state index in [1.54, 1.807) is 32.0 Å². The number of benzene rings is 3. The van der Waals surface area contributed by atoms with E-state index in [2.05, 4.69) is 5.32 Å². The third-order valence-corrected chi connectivity index (χ3v) is 9.46. The van der Waals surface area contributed by atoms with E-state index < -0.39 is 34.4 Å². The highest BCUT2D eigenvalue weighted by molar-refractivity contribution is 7.92. The largest absolute Gasteiger partial charge is 0.495 e. The number of nitrogens with zero attached hydrogens (tertiary/aromatic N) is 2. The zero-order valence-electron chi connectivity index (χ0n) is 24.9. The average molecular weight is 687 g/mol. The first-order valence-electron chi connectivity index (χ1n) is 13.5. The van der Waals surface area contributed by atoms with Crippen molar-refractivity contribution in [3.63, 3.8) is 0 Å². The maximum atomic E-state index is 14.3. The summed E-state index contributed by atoms with van der Waals surface area (Å²) >= 11 is 19.2. The first kappa shape index (κ1) is 35.1. The number of ether oxygens (including phenoxy) is 3. The number of amides is 2. The van der Waals surface area contributed by atoms with Crippen molar-refractivity contribution in [2.75, 3.05) is 38.7 Å². The predicted octanol–water partition coefficient (Wildman–Crippen LogP) is 5.81. The quantitative estimate of drug-likeness (QED) is 0.228. The number of rotatable bonds is 14. The van der Waals surface area contributed by atoms with E-state index in [-0.39, 0.29) is 50.1 Å². The van der Waals surface area contributed by atoms with E-state index in [1.165, 1.54) is 62.6 Å². The Morgan fingerprint density at radius 2 is 1.48 bits per heavy atom. The number of nitrogens with one attached hydrogen (secondary N) is 1. The molecule has 0 aliphatic carbocycles. The summed E-state index contributed by atoms with van der Waals surface area (Å²) in [6, 6.07) is 12.4. The molecule has 3 aromatic carbocycles. The van der Waals surface area contributed by atoms with Gasteiger partial charge in [-0.05, 0) is 55.8 Å². The molecule has 3 aromatic rings. The van der Waals surface area contributed by atoms with Crippen LogP contribution in [0.2, 0.25) is 15.1 Å². The molecule has 1 atom stereocenters. The lowest BCUT2D eigenvalue weighted by molar-refractivity contribution is -0.140. The highest BCUT2D eigenvalue weighted by Crippen LogP contribution is 2.37. The Labute approximate surface area is 272 Å². The van der Waals surface area contributed by atoms with Crippen LogP contribution in [0.4, 0.5) is 5.69 Å². The van der Waals surface area contributed by atoms with Crippen molar-refractivity contribution in [3.05, 3.63) is 75.2 Å². The van der Waals surface area contributed by atoms with Crippen molar-refractivity contribution in [1.29, 1.82) is 0 Å². The predicted molar refractivity (Wildman–Crippen MR) is 172 cm³/mol. The fraction of sp³-hybridized carbons (Fsp3) is 0.333. The van der Waals surface area contributed by atoms with Crippen LogP contribution >= 0.6 is 34.8 Å². The van der Waals surface area contributed by atoms with Crippen molar-refractivity contribution in [2.45, 2.75) is 37.8 Å². The van der Waals surface area contributed by atoms with Crippen molar-refractivity contribution in [1.82, 2.24) is 10.2 Å². The number of anilines is 1. The van der Waals surface area contributed by atoms with Gasteiger partial charge < -0.3 is 24.4 Å². The zero-order valence-corrected chi connectivity index (χ0v) is 28.0. The van der Waals surface area contributed by atoms with Crippen molar-refractivity contribution < 1.29 is 32.2 Å². The summed E-state index contributed by atoms with van der Waals surface area (Å²) in [5.41, 5.74) is 0.409. The molecule has 0 fully saturated rings. The lowest BCUT2D eigenvalue weighted by atomic mass is 10.1. The highest BCUT2D eigenvalue weighted by atomic mass is 35.5. The second kappa shape index (κ2) is 15.6. The summed E-state index contributed by atoms with van der Waals surface area (Å²) in [5.74, 6) is -0.505. The minimum atomic E-state index is -4.48. The highest BCUT2D eigenvalue weighted by Gasteiger charge is 2.35. The number of hydrogen-bond acceptors (Lipinski definition) is 7. The standard InChI is InChI=1S/C30H34Cl3N3O7S/c1-6-24(30(38)34-7-2)35(17-21-22(32)9-8-10-23(21)33)29(37)18-36(25-15-19(31)11-13-26(25)41-3)44(39,40)20-12-14-27(42-4)28(16-20)43-5/h8-16,24H,6-7,17-18H2,1-5H3,(H,34,38)/t24-/m0/s1. The Morgan fingerprint density at radius 1 is 0.864 bits per heavy atom. The van der Waals surface area contributed by atoms with Gasteiger partial charge in [0, 0.05) is 39.8 Å². The van der Waals surface area contributed by atoms with Crippen molar-refractivity contribution in [3.8, 4) is 17.2 Å². The number of carbonyl (C=O) groups is 2. The van der Waals surface area contributed by atoms with Gasteiger partial charge in [0.15, 0.2) is 11.5 Å². The molecule has 3 rings (SSSR count). The summed E-state index contributed by atoms with van der Waals surface area (Å²) in [6.45, 7) is 2.93. The molecule has 0 heterocycles. The molecular formula is C30H34Cl3N3O7S. The van der Waals surface area contributed by atoms with Gasteiger partial charge in [-0.1, -0.05) is 47.8 Å².